The average molecular weight is 302 g/mol. The number of carbonyl (C=O) groups is 2. The topological polar surface area (TPSA) is 40.6 Å². The van der Waals surface area contributed by atoms with Crippen LogP contribution in [0.1, 0.15) is 36.7 Å². The minimum Gasteiger partial charge on any atom is -0.340 e. The van der Waals surface area contributed by atoms with E-state index in [1.54, 1.807) is 0 Å². The molecule has 0 unspecified atom stereocenters. The van der Waals surface area contributed by atoms with Gasteiger partial charge in [-0.05, 0) is 12.0 Å². The molecule has 0 atom stereocenters. The van der Waals surface area contributed by atoms with Crippen molar-refractivity contribution in [3.8, 4) is 0 Å². The molecule has 1 fully saturated rings. The van der Waals surface area contributed by atoms with E-state index in [2.05, 4.69) is 11.8 Å². The number of carbonyl (C=O) groups excluding carboxylic acids is 2. The van der Waals surface area contributed by atoms with Crippen molar-refractivity contribution in [1.29, 1.82) is 0 Å². The third kappa shape index (κ3) is 4.17. The van der Waals surface area contributed by atoms with E-state index in [1.165, 1.54) is 5.56 Å². The quantitative estimate of drug-likeness (QED) is 0.783. The Morgan fingerprint density at radius 1 is 1.05 bits per heavy atom. The maximum absolute atomic E-state index is 12.3. The molecule has 4 nitrogen and oxygen atoms in total. The molecule has 0 N–H and O–H groups in total. The fraction of sp³-hybridized carbons (Fsp3) is 0.556. The fourth-order valence-electron chi connectivity index (χ4n) is 2.71. The number of ketones is 1. The van der Waals surface area contributed by atoms with Crippen LogP contribution in [0.25, 0.3) is 0 Å². The maximum Gasteiger partial charge on any atom is 0.225 e. The first-order valence-electron chi connectivity index (χ1n) is 8.14. The molecule has 1 aromatic carbocycles. The van der Waals surface area contributed by atoms with Gasteiger partial charge in [-0.1, -0.05) is 45.0 Å². The molecule has 120 valence electrons. The summed E-state index contributed by atoms with van der Waals surface area (Å²) in [7, 11) is 0. The zero-order valence-electron chi connectivity index (χ0n) is 13.8. The van der Waals surface area contributed by atoms with Crippen LogP contribution in [0.4, 0.5) is 0 Å². The number of nitrogens with zero attached hydrogens (tertiary/aromatic N) is 2. The lowest BCUT2D eigenvalue weighted by Crippen LogP contribution is -2.50. The van der Waals surface area contributed by atoms with Gasteiger partial charge in [0.25, 0.3) is 0 Å². The van der Waals surface area contributed by atoms with Gasteiger partial charge in [0, 0.05) is 37.7 Å². The number of amides is 1. The number of hydrogen-bond donors (Lipinski definition) is 0. The average Bonchev–Trinajstić information content (AvgIpc) is 2.54. The third-order valence-corrected chi connectivity index (χ3v) is 4.23. The minimum atomic E-state index is 0.0465. The summed E-state index contributed by atoms with van der Waals surface area (Å²) in [5.74, 6) is 0.415. The first-order valence-corrected chi connectivity index (χ1v) is 8.14. The molecule has 1 heterocycles. The Bertz CT molecular complexity index is 514. The summed E-state index contributed by atoms with van der Waals surface area (Å²) in [6.45, 7) is 9.40. The third-order valence-electron chi connectivity index (χ3n) is 4.23. The van der Waals surface area contributed by atoms with E-state index in [1.807, 2.05) is 43.0 Å². The van der Waals surface area contributed by atoms with Crippen LogP contribution < -0.4 is 0 Å². The molecule has 0 aromatic heterocycles. The van der Waals surface area contributed by atoms with Gasteiger partial charge in [-0.3, -0.25) is 14.5 Å². The Hall–Kier alpha value is -1.68. The molecule has 1 aliphatic heterocycles. The van der Waals surface area contributed by atoms with Crippen LogP contribution in [0.2, 0.25) is 0 Å². The Morgan fingerprint density at radius 3 is 2.14 bits per heavy atom. The van der Waals surface area contributed by atoms with Crippen molar-refractivity contribution in [3.05, 3.63) is 35.4 Å². The second-order valence-corrected chi connectivity index (χ2v) is 6.23. The zero-order valence-corrected chi connectivity index (χ0v) is 13.8. The molecule has 1 saturated heterocycles. The second-order valence-electron chi connectivity index (χ2n) is 6.23. The minimum absolute atomic E-state index is 0.0465. The van der Waals surface area contributed by atoms with Gasteiger partial charge >= 0.3 is 0 Å². The molecule has 0 spiro atoms. The predicted molar refractivity (Wildman–Crippen MR) is 88.0 cm³/mol. The lowest BCUT2D eigenvalue weighted by atomic mass is 10.1. The highest BCUT2D eigenvalue weighted by Crippen LogP contribution is 2.10. The van der Waals surface area contributed by atoms with Gasteiger partial charge in [-0.25, -0.2) is 0 Å². The zero-order chi connectivity index (χ0) is 16.1. The molecular formula is C18H26N2O2. The van der Waals surface area contributed by atoms with Crippen LogP contribution >= 0.6 is 0 Å². The number of aryl methyl sites for hydroxylation is 1. The highest BCUT2D eigenvalue weighted by atomic mass is 16.2. The molecule has 4 heteroatoms. The largest absolute Gasteiger partial charge is 0.340 e. The number of piperazine rings is 1. The normalized spacial score (nSPS) is 16.1. The van der Waals surface area contributed by atoms with E-state index in [-0.39, 0.29) is 17.6 Å². The lowest BCUT2D eigenvalue weighted by molar-refractivity contribution is -0.136. The van der Waals surface area contributed by atoms with Crippen molar-refractivity contribution in [2.45, 2.75) is 27.2 Å². The summed E-state index contributed by atoms with van der Waals surface area (Å²) in [6, 6.07) is 7.87. The molecule has 2 rings (SSSR count). The monoisotopic (exact) mass is 302 g/mol. The Labute approximate surface area is 133 Å². The van der Waals surface area contributed by atoms with Gasteiger partial charge in [0.1, 0.15) is 0 Å². The van der Waals surface area contributed by atoms with Crippen LogP contribution in [-0.4, -0.2) is 54.2 Å². The van der Waals surface area contributed by atoms with Crippen molar-refractivity contribution in [2.24, 2.45) is 5.92 Å². The van der Waals surface area contributed by atoms with E-state index in [0.29, 0.717) is 6.54 Å². The van der Waals surface area contributed by atoms with Crippen molar-refractivity contribution in [3.63, 3.8) is 0 Å². The molecule has 1 amide bonds. The van der Waals surface area contributed by atoms with Crippen LogP contribution in [0, 0.1) is 5.92 Å². The molecule has 0 saturated carbocycles. The highest BCUT2D eigenvalue weighted by Gasteiger charge is 2.23. The van der Waals surface area contributed by atoms with Crippen molar-refractivity contribution < 1.29 is 9.59 Å². The van der Waals surface area contributed by atoms with Crippen LogP contribution in [0.15, 0.2) is 24.3 Å². The summed E-state index contributed by atoms with van der Waals surface area (Å²) in [4.78, 5) is 28.3. The highest BCUT2D eigenvalue weighted by molar-refractivity contribution is 5.97. The van der Waals surface area contributed by atoms with Gasteiger partial charge in [0.05, 0.1) is 6.54 Å². The number of benzene rings is 1. The number of Topliss-reactive ketones (excluding diaryl/α,β-unsaturated/α-hetero) is 1. The SMILES string of the molecule is CCc1ccc(C(=O)CN2CCN(C(=O)C(C)C)CC2)cc1. The van der Waals surface area contributed by atoms with Crippen LogP contribution in [-0.2, 0) is 11.2 Å². The van der Waals surface area contributed by atoms with Crippen LogP contribution in [0.5, 0.6) is 0 Å². The number of rotatable bonds is 5. The van der Waals surface area contributed by atoms with Gasteiger partial charge < -0.3 is 4.90 Å². The van der Waals surface area contributed by atoms with E-state index in [0.717, 1.165) is 38.2 Å². The second kappa shape index (κ2) is 7.54. The van der Waals surface area contributed by atoms with Gasteiger partial charge in [-0.15, -0.1) is 0 Å². The van der Waals surface area contributed by atoms with E-state index >= 15 is 0 Å². The molecule has 0 aliphatic carbocycles. The summed E-state index contributed by atoms with van der Waals surface area (Å²) < 4.78 is 0. The molecule has 0 bridgehead atoms. The number of hydrogen-bond acceptors (Lipinski definition) is 3. The van der Waals surface area contributed by atoms with Gasteiger partial charge in [0.15, 0.2) is 5.78 Å². The van der Waals surface area contributed by atoms with E-state index in [9.17, 15) is 9.59 Å². The Morgan fingerprint density at radius 2 is 1.64 bits per heavy atom. The first kappa shape index (κ1) is 16.7. The van der Waals surface area contributed by atoms with E-state index < -0.39 is 0 Å². The predicted octanol–water partition coefficient (Wildman–Crippen LogP) is 2.23. The van der Waals surface area contributed by atoms with Crippen molar-refractivity contribution in [1.82, 2.24) is 9.80 Å². The summed E-state index contributed by atoms with van der Waals surface area (Å²) in [5, 5.41) is 0. The molecule has 1 aromatic rings. The Balaban J connectivity index is 1.84. The fourth-order valence-corrected chi connectivity index (χ4v) is 2.71. The summed E-state index contributed by atoms with van der Waals surface area (Å²) in [5.41, 5.74) is 2.02. The first-order chi connectivity index (χ1) is 10.5. The van der Waals surface area contributed by atoms with Gasteiger partial charge in [-0.2, -0.15) is 0 Å². The molecular weight excluding hydrogens is 276 g/mol. The van der Waals surface area contributed by atoms with Gasteiger partial charge in [0.2, 0.25) is 5.91 Å². The standard InChI is InChI=1S/C18H26N2O2/c1-4-15-5-7-16(8-6-15)17(21)13-19-9-11-20(12-10-19)18(22)14(2)3/h5-8,14H,4,9-13H2,1-3H3. The molecule has 1 aliphatic rings. The lowest BCUT2D eigenvalue weighted by Gasteiger charge is -2.35. The molecule has 0 radical (unpaired) electrons. The Kier molecular flexibility index (Phi) is 5.72. The van der Waals surface area contributed by atoms with E-state index in [4.69, 9.17) is 0 Å². The summed E-state index contributed by atoms with van der Waals surface area (Å²) >= 11 is 0. The summed E-state index contributed by atoms with van der Waals surface area (Å²) in [6.07, 6.45) is 0.986. The molecule has 22 heavy (non-hydrogen) atoms. The smallest absolute Gasteiger partial charge is 0.225 e. The van der Waals surface area contributed by atoms with Crippen molar-refractivity contribution >= 4 is 11.7 Å². The van der Waals surface area contributed by atoms with Crippen molar-refractivity contribution in [2.75, 3.05) is 32.7 Å². The maximum atomic E-state index is 12.3. The van der Waals surface area contributed by atoms with Crippen LogP contribution in [0.3, 0.4) is 0 Å².